The van der Waals surface area contributed by atoms with Crippen molar-refractivity contribution in [2.75, 3.05) is 13.6 Å². The number of hydrogen-bond acceptors (Lipinski definition) is 2. The lowest BCUT2D eigenvalue weighted by molar-refractivity contribution is 0.0991. The summed E-state index contributed by atoms with van der Waals surface area (Å²) in [6, 6.07) is 8.61. The monoisotopic (exact) mass is 340 g/mol. The first-order valence-corrected chi connectivity index (χ1v) is 8.46. The molecule has 0 spiro atoms. The van der Waals surface area contributed by atoms with Crippen LogP contribution < -0.4 is 0 Å². The van der Waals surface area contributed by atoms with E-state index < -0.39 is 0 Å². The maximum absolute atomic E-state index is 14.0. The van der Waals surface area contributed by atoms with Crippen LogP contribution in [0.25, 0.3) is 0 Å². The van der Waals surface area contributed by atoms with Crippen LogP contribution in [0, 0.1) is 26.6 Å². The lowest BCUT2D eigenvalue weighted by atomic mass is 9.95. The number of halogens is 1. The van der Waals surface area contributed by atoms with Crippen molar-refractivity contribution in [3.8, 4) is 0 Å². The van der Waals surface area contributed by atoms with Crippen LogP contribution in [0.15, 0.2) is 35.3 Å². The Hall–Kier alpha value is -2.49. The summed E-state index contributed by atoms with van der Waals surface area (Å²) in [7, 11) is 1.96. The van der Waals surface area contributed by atoms with Crippen LogP contribution in [0.4, 0.5) is 10.1 Å². The van der Waals surface area contributed by atoms with Gasteiger partial charge < -0.3 is 4.90 Å². The minimum atomic E-state index is -0.327. The molecule has 2 aromatic rings. The fourth-order valence-electron chi connectivity index (χ4n) is 2.55. The Morgan fingerprint density at radius 1 is 1.16 bits per heavy atom. The zero-order valence-corrected chi connectivity index (χ0v) is 15.6. The van der Waals surface area contributed by atoms with E-state index in [-0.39, 0.29) is 18.0 Å². The smallest absolute Gasteiger partial charge is 0.167 e. The van der Waals surface area contributed by atoms with Gasteiger partial charge in [0.2, 0.25) is 0 Å². The molecule has 0 aliphatic rings. The van der Waals surface area contributed by atoms with E-state index in [4.69, 9.17) is 0 Å². The van der Waals surface area contributed by atoms with Crippen molar-refractivity contribution in [3.05, 3.63) is 64.0 Å². The third kappa shape index (κ3) is 4.53. The fourth-order valence-corrected chi connectivity index (χ4v) is 2.55. The normalized spacial score (nSPS) is 11.1. The number of aryl methyl sites for hydroxylation is 1. The molecule has 0 aliphatic carbocycles. The van der Waals surface area contributed by atoms with Crippen LogP contribution in [0.1, 0.15) is 39.5 Å². The highest BCUT2D eigenvalue weighted by Gasteiger charge is 2.15. The predicted molar refractivity (Wildman–Crippen MR) is 102 cm³/mol. The number of carbonyl (C=O) groups excluding carboxylic acids is 1. The van der Waals surface area contributed by atoms with Crippen molar-refractivity contribution < 1.29 is 9.18 Å². The van der Waals surface area contributed by atoms with Gasteiger partial charge in [-0.25, -0.2) is 9.38 Å². The molecule has 4 heteroatoms. The summed E-state index contributed by atoms with van der Waals surface area (Å²) < 4.78 is 14.0. The van der Waals surface area contributed by atoms with Crippen molar-refractivity contribution in [1.29, 1.82) is 0 Å². The predicted octanol–water partition coefficient (Wildman–Crippen LogP) is 4.79. The molecule has 0 unspecified atom stereocenters. The first-order chi connectivity index (χ1) is 11.8. The molecule has 0 saturated carbocycles. The van der Waals surface area contributed by atoms with E-state index in [9.17, 15) is 9.18 Å². The van der Waals surface area contributed by atoms with Gasteiger partial charge in [0.15, 0.2) is 5.78 Å². The summed E-state index contributed by atoms with van der Waals surface area (Å²) in [5, 5.41) is 0. The Balaban J connectivity index is 2.26. The summed E-state index contributed by atoms with van der Waals surface area (Å²) in [6.45, 7) is 8.63. The molecule has 2 rings (SSSR count). The summed E-state index contributed by atoms with van der Waals surface area (Å²) >= 11 is 0. The number of benzene rings is 2. The van der Waals surface area contributed by atoms with Gasteiger partial charge >= 0.3 is 0 Å². The van der Waals surface area contributed by atoms with E-state index in [0.717, 1.165) is 28.9 Å². The minimum Gasteiger partial charge on any atom is -0.366 e. The molecule has 0 heterocycles. The van der Waals surface area contributed by atoms with Gasteiger partial charge in [0.1, 0.15) is 5.82 Å². The number of hydrogen-bond donors (Lipinski definition) is 0. The van der Waals surface area contributed by atoms with E-state index in [1.54, 1.807) is 18.5 Å². The van der Waals surface area contributed by atoms with E-state index in [1.807, 2.05) is 44.9 Å². The van der Waals surface area contributed by atoms with Gasteiger partial charge in [0, 0.05) is 25.6 Å². The lowest BCUT2D eigenvalue weighted by Crippen LogP contribution is -2.14. The molecule has 0 radical (unpaired) electrons. The third-order valence-electron chi connectivity index (χ3n) is 4.51. The van der Waals surface area contributed by atoms with Gasteiger partial charge in [-0.05, 0) is 68.1 Å². The number of nitrogens with zero attached hydrogens (tertiary/aromatic N) is 2. The largest absolute Gasteiger partial charge is 0.366 e. The van der Waals surface area contributed by atoms with Crippen LogP contribution in [0.2, 0.25) is 0 Å². The van der Waals surface area contributed by atoms with Crippen LogP contribution in [-0.2, 0) is 6.42 Å². The molecule has 0 atom stereocenters. The number of ketones is 1. The zero-order valence-electron chi connectivity index (χ0n) is 15.6. The molecule has 0 N–H and O–H groups in total. The highest BCUT2D eigenvalue weighted by Crippen LogP contribution is 2.26. The summed E-state index contributed by atoms with van der Waals surface area (Å²) in [4.78, 5) is 19.1. The Labute approximate surface area is 149 Å². The first kappa shape index (κ1) is 18.8. The number of rotatable bonds is 6. The molecular formula is C21H25FN2O. The molecule has 2 aromatic carbocycles. The summed E-state index contributed by atoms with van der Waals surface area (Å²) in [5.41, 5.74) is 4.61. The SMILES string of the molecule is CCN(C)C=Nc1ccc(C(=O)Cc2ccc(C)cc2F)c(C)c1C. The third-order valence-corrected chi connectivity index (χ3v) is 4.51. The second kappa shape index (κ2) is 8.06. The second-order valence-electron chi connectivity index (χ2n) is 6.39. The topological polar surface area (TPSA) is 32.7 Å². The van der Waals surface area contributed by atoms with E-state index in [0.29, 0.717) is 11.1 Å². The lowest BCUT2D eigenvalue weighted by Gasteiger charge is -2.12. The van der Waals surface area contributed by atoms with Gasteiger partial charge in [-0.2, -0.15) is 0 Å². The van der Waals surface area contributed by atoms with Crippen LogP contribution in [0.5, 0.6) is 0 Å². The quantitative estimate of drug-likeness (QED) is 0.430. The molecule has 0 amide bonds. The van der Waals surface area contributed by atoms with Gasteiger partial charge in [-0.15, -0.1) is 0 Å². The standard InChI is InChI=1S/C21H25FN2O/c1-6-24(5)13-23-20-10-9-18(15(3)16(20)4)21(25)12-17-8-7-14(2)11-19(17)22/h7-11,13H,6,12H2,1-5H3. The van der Waals surface area contributed by atoms with Crippen molar-refractivity contribution in [2.24, 2.45) is 4.99 Å². The molecule has 3 nitrogen and oxygen atoms in total. The summed E-state index contributed by atoms with van der Waals surface area (Å²) in [6.07, 6.45) is 1.85. The maximum Gasteiger partial charge on any atom is 0.167 e. The van der Waals surface area contributed by atoms with Gasteiger partial charge in [-0.3, -0.25) is 4.79 Å². The fraction of sp³-hybridized carbons (Fsp3) is 0.333. The Bertz CT molecular complexity index is 812. The molecule has 132 valence electrons. The average Bonchev–Trinajstić information content (AvgIpc) is 2.58. The zero-order chi connectivity index (χ0) is 18.6. The van der Waals surface area contributed by atoms with Gasteiger partial charge in [-0.1, -0.05) is 12.1 Å². The highest BCUT2D eigenvalue weighted by molar-refractivity contribution is 5.99. The average molecular weight is 340 g/mol. The highest BCUT2D eigenvalue weighted by atomic mass is 19.1. The van der Waals surface area contributed by atoms with E-state index in [2.05, 4.69) is 11.9 Å². The van der Waals surface area contributed by atoms with Crippen molar-refractivity contribution in [1.82, 2.24) is 4.90 Å². The number of carbonyl (C=O) groups is 1. The van der Waals surface area contributed by atoms with Crippen LogP contribution >= 0.6 is 0 Å². The van der Waals surface area contributed by atoms with Gasteiger partial charge in [0.05, 0.1) is 12.0 Å². The minimum absolute atomic E-state index is 0.0631. The Morgan fingerprint density at radius 2 is 1.88 bits per heavy atom. The van der Waals surface area contributed by atoms with E-state index >= 15 is 0 Å². The van der Waals surface area contributed by atoms with Crippen LogP contribution in [0.3, 0.4) is 0 Å². The van der Waals surface area contributed by atoms with Crippen molar-refractivity contribution in [3.63, 3.8) is 0 Å². The molecular weight excluding hydrogens is 315 g/mol. The molecule has 0 aliphatic heterocycles. The van der Waals surface area contributed by atoms with Crippen molar-refractivity contribution >= 4 is 17.8 Å². The Morgan fingerprint density at radius 3 is 2.52 bits per heavy atom. The Kier molecular flexibility index (Phi) is 6.07. The maximum atomic E-state index is 14.0. The molecule has 0 fully saturated rings. The van der Waals surface area contributed by atoms with Crippen molar-refractivity contribution in [2.45, 2.75) is 34.1 Å². The molecule has 25 heavy (non-hydrogen) atoms. The molecule has 0 saturated heterocycles. The first-order valence-electron chi connectivity index (χ1n) is 8.46. The molecule has 0 bridgehead atoms. The van der Waals surface area contributed by atoms with Crippen LogP contribution in [-0.4, -0.2) is 30.6 Å². The molecule has 0 aromatic heterocycles. The van der Waals surface area contributed by atoms with Gasteiger partial charge in [0.25, 0.3) is 0 Å². The number of aliphatic imine (C=N–C) groups is 1. The second-order valence-corrected chi connectivity index (χ2v) is 6.39. The summed E-state index contributed by atoms with van der Waals surface area (Å²) in [5.74, 6) is -0.406. The van der Waals surface area contributed by atoms with E-state index in [1.165, 1.54) is 6.07 Å². The number of Topliss-reactive ketones (excluding diaryl/α,β-unsaturated/α-hetero) is 1.